The maximum atomic E-state index is 13.2. The highest BCUT2D eigenvalue weighted by atomic mass is 33.1. The zero-order chi connectivity index (χ0) is 39.3. The van der Waals surface area contributed by atoms with Gasteiger partial charge in [-0.25, -0.2) is 4.79 Å². The van der Waals surface area contributed by atoms with Crippen LogP contribution < -0.4 is 38.5 Å². The molecule has 24 heteroatoms. The van der Waals surface area contributed by atoms with Crippen molar-refractivity contribution < 1.29 is 68.3 Å². The number of nitrogens with two attached hydrogens (primary N) is 3. The van der Waals surface area contributed by atoms with E-state index in [0.717, 1.165) is 10.8 Å². The van der Waals surface area contributed by atoms with E-state index >= 15 is 0 Å². The van der Waals surface area contributed by atoms with Crippen molar-refractivity contribution >= 4 is 81.5 Å². The summed E-state index contributed by atoms with van der Waals surface area (Å²) in [5.41, 5.74) is 16.1. The average molecular weight is 769 g/mol. The number of amides is 4. The van der Waals surface area contributed by atoms with Gasteiger partial charge in [0.1, 0.15) is 30.8 Å². The Balaban J connectivity index is 5.99. The summed E-state index contributed by atoms with van der Waals surface area (Å²) in [6.45, 7) is 3.94. The number of nitrogens with one attached hydrogen (secondary N) is 4. The van der Waals surface area contributed by atoms with Crippen LogP contribution in [0.3, 0.4) is 0 Å². The summed E-state index contributed by atoms with van der Waals surface area (Å²) < 4.78 is 4.77. The van der Waals surface area contributed by atoms with Crippen LogP contribution in [0, 0.1) is 5.92 Å². The van der Waals surface area contributed by atoms with Crippen molar-refractivity contribution in [3.05, 3.63) is 0 Å². The molecule has 0 rings (SSSR count). The molecule has 0 aromatic carbocycles. The van der Waals surface area contributed by atoms with E-state index in [1.54, 1.807) is 0 Å². The molecule has 0 aliphatic heterocycles. The first-order valence-electron chi connectivity index (χ1n) is 15.0. The largest absolute Gasteiger partial charge is 0.481 e. The number of nitrogens with zero attached hydrogens (tertiary/aromatic N) is 1. The van der Waals surface area contributed by atoms with Crippen molar-refractivity contribution in [2.24, 2.45) is 28.1 Å². The third-order valence-electron chi connectivity index (χ3n) is 6.45. The molecule has 0 bridgehead atoms. The number of carboxylic acid groups (broad SMARTS) is 4. The average Bonchev–Trinajstić information content (AvgIpc) is 3.01. The number of carboxylic acids is 4. The molecule has 14 N–H and O–H groups in total. The predicted octanol–water partition coefficient (Wildman–Crippen LogP) is -3.61. The number of carbonyl (C=O) groups excluding carboxylic acids is 5. The molecule has 0 radical (unpaired) electrons. The Morgan fingerprint density at radius 3 is 1.65 bits per heavy atom. The van der Waals surface area contributed by atoms with Gasteiger partial charge in [0.05, 0.1) is 30.6 Å². The highest BCUT2D eigenvalue weighted by Gasteiger charge is 2.34. The Morgan fingerprint density at radius 1 is 0.745 bits per heavy atom. The molecule has 0 spiro atoms. The third-order valence-corrected chi connectivity index (χ3v) is 9.54. The number of hydrogen-bond acceptors (Lipinski definition) is 14. The molecule has 0 aliphatic carbocycles. The zero-order valence-electron chi connectivity index (χ0n) is 27.6. The summed E-state index contributed by atoms with van der Waals surface area (Å²) in [6.07, 6.45) is -3.15. The lowest BCUT2D eigenvalue weighted by atomic mass is 10.1. The second kappa shape index (κ2) is 24.3. The summed E-state index contributed by atoms with van der Waals surface area (Å²) in [4.78, 5) is 112. The monoisotopic (exact) mass is 768 g/mol. The van der Waals surface area contributed by atoms with E-state index in [-0.39, 0.29) is 55.3 Å². The smallest absolute Gasteiger partial charge is 0.327 e. The number of hydrogen-bond donors (Lipinski definition) is 11. The fraction of sp³-hybridized carbons (Fsp3) is 0.630. The number of guanidine groups is 1. The maximum Gasteiger partial charge on any atom is 0.327 e. The van der Waals surface area contributed by atoms with Gasteiger partial charge in [-0.2, -0.15) is 0 Å². The Kier molecular flexibility index (Phi) is 22.0. The molecule has 0 unspecified atom stereocenters. The van der Waals surface area contributed by atoms with Crippen LogP contribution in [-0.4, -0.2) is 135 Å². The van der Waals surface area contributed by atoms with E-state index < -0.39 is 97.0 Å². The number of ether oxygens (including phenoxy) is 1. The van der Waals surface area contributed by atoms with Gasteiger partial charge in [-0.3, -0.25) is 43.3 Å². The SMILES string of the molecule is CC(C)[C@@H](COC=O)SSC[C@H](NC(=O)[C@H](CC(=O)O)NC(=O)[C@H](CC(=O)O)NC(=O)[C@H](CCCN=C(N)N)NC(=O)[C@@H](N)CC(=O)O)C(=O)O. The molecule has 0 aromatic rings. The topological polar surface area (TPSA) is 382 Å². The highest BCUT2D eigenvalue weighted by Crippen LogP contribution is 2.32. The van der Waals surface area contributed by atoms with Gasteiger partial charge < -0.3 is 63.6 Å². The zero-order valence-corrected chi connectivity index (χ0v) is 29.3. The van der Waals surface area contributed by atoms with Crippen molar-refractivity contribution in [2.45, 2.75) is 81.4 Å². The fourth-order valence-corrected chi connectivity index (χ4v) is 6.72. The third kappa shape index (κ3) is 20.4. The molecule has 22 nitrogen and oxygen atoms in total. The first-order chi connectivity index (χ1) is 23.8. The predicted molar refractivity (Wildman–Crippen MR) is 181 cm³/mol. The van der Waals surface area contributed by atoms with Gasteiger partial charge in [-0.1, -0.05) is 35.4 Å². The van der Waals surface area contributed by atoms with Gasteiger partial charge in [-0.15, -0.1) is 0 Å². The summed E-state index contributed by atoms with van der Waals surface area (Å²) in [6, 6.07) is -8.62. The number of aliphatic imine (C=N–C) groups is 1. The van der Waals surface area contributed by atoms with Gasteiger partial charge in [0.25, 0.3) is 6.47 Å². The van der Waals surface area contributed by atoms with Crippen molar-refractivity contribution in [3.63, 3.8) is 0 Å². The maximum absolute atomic E-state index is 13.2. The molecule has 0 saturated heterocycles. The van der Waals surface area contributed by atoms with E-state index in [1.807, 2.05) is 19.2 Å². The minimum absolute atomic E-state index is 0.0143. The number of rotatable bonds is 27. The molecular formula is C27H44N8O14S2. The summed E-state index contributed by atoms with van der Waals surface area (Å²) in [5.74, 6) is -11.5. The van der Waals surface area contributed by atoms with E-state index in [1.165, 1.54) is 10.8 Å². The van der Waals surface area contributed by atoms with E-state index in [0.29, 0.717) is 0 Å². The van der Waals surface area contributed by atoms with E-state index in [2.05, 4.69) is 20.9 Å². The summed E-state index contributed by atoms with van der Waals surface area (Å²) >= 11 is 0. The highest BCUT2D eigenvalue weighted by molar-refractivity contribution is 8.77. The number of aliphatic carboxylic acids is 4. The minimum Gasteiger partial charge on any atom is -0.481 e. The molecule has 0 aromatic heterocycles. The molecule has 0 saturated carbocycles. The van der Waals surface area contributed by atoms with Crippen LogP contribution in [0.2, 0.25) is 0 Å². The molecule has 0 aliphatic rings. The molecule has 4 amide bonds. The molecule has 288 valence electrons. The summed E-state index contributed by atoms with van der Waals surface area (Å²) in [7, 11) is 2.20. The Labute approximate surface area is 299 Å². The molecule has 0 heterocycles. The molecule has 0 fully saturated rings. The van der Waals surface area contributed by atoms with Crippen LogP contribution in [0.15, 0.2) is 4.99 Å². The Morgan fingerprint density at radius 2 is 1.22 bits per heavy atom. The van der Waals surface area contributed by atoms with Crippen LogP contribution in [0.5, 0.6) is 0 Å². The van der Waals surface area contributed by atoms with Crippen molar-refractivity contribution in [2.75, 3.05) is 18.9 Å². The lowest BCUT2D eigenvalue weighted by Gasteiger charge is -2.25. The fourth-order valence-electron chi connectivity index (χ4n) is 3.75. The summed E-state index contributed by atoms with van der Waals surface area (Å²) in [5, 5.41) is 45.6. The van der Waals surface area contributed by atoms with E-state index in [9.17, 15) is 58.5 Å². The van der Waals surface area contributed by atoms with Gasteiger partial charge in [0.15, 0.2) is 5.96 Å². The quantitative estimate of drug-likeness (QED) is 0.0126. The van der Waals surface area contributed by atoms with E-state index in [4.69, 9.17) is 27.0 Å². The minimum atomic E-state index is -1.97. The first kappa shape index (κ1) is 46.2. The van der Waals surface area contributed by atoms with Crippen molar-refractivity contribution in [1.29, 1.82) is 0 Å². The number of carbonyl (C=O) groups is 9. The van der Waals surface area contributed by atoms with Crippen molar-refractivity contribution in [1.82, 2.24) is 21.3 Å². The molecule has 6 atom stereocenters. The Hall–Kier alpha value is -4.84. The van der Waals surface area contributed by atoms with Crippen LogP contribution in [0.1, 0.15) is 46.0 Å². The van der Waals surface area contributed by atoms with Gasteiger partial charge in [0, 0.05) is 12.3 Å². The standard InChI is InChI=1S/C27H44N8O14S2/c1-12(2)18(9-49-11-36)51-50-10-17(26(47)48)35-25(46)16(8-21(41)42)34-24(45)15(7-20(39)40)33-23(44)14(4-3-5-31-27(29)30)32-22(43)13(28)6-19(37)38/h11-18H,3-10,28H2,1-2H3,(H,32,43)(H,33,44)(H,34,45)(H,35,46)(H,37,38)(H,39,40)(H,41,42)(H,47,48)(H4,29,30,31)/t13-,14-,15-,16-,17-,18+/m0/s1. The second-order valence-corrected chi connectivity index (χ2v) is 13.7. The van der Waals surface area contributed by atoms with Gasteiger partial charge >= 0.3 is 23.9 Å². The van der Waals surface area contributed by atoms with Crippen molar-refractivity contribution in [3.8, 4) is 0 Å². The first-order valence-corrected chi connectivity index (χ1v) is 17.4. The van der Waals surface area contributed by atoms with Crippen LogP contribution in [-0.2, 0) is 47.9 Å². The lowest BCUT2D eigenvalue weighted by Crippen LogP contribution is -2.59. The second-order valence-electron chi connectivity index (χ2n) is 11.0. The molecule has 51 heavy (non-hydrogen) atoms. The lowest BCUT2D eigenvalue weighted by molar-refractivity contribution is -0.144. The van der Waals surface area contributed by atoms with Crippen LogP contribution in [0.4, 0.5) is 0 Å². The normalized spacial score (nSPS) is 14.3. The molecular weight excluding hydrogens is 724 g/mol. The van der Waals surface area contributed by atoms with Gasteiger partial charge in [-0.05, 0) is 18.8 Å². The van der Waals surface area contributed by atoms with Crippen LogP contribution >= 0.6 is 21.6 Å². The van der Waals surface area contributed by atoms with Gasteiger partial charge in [0.2, 0.25) is 23.6 Å². The Bertz CT molecular complexity index is 1280. The van der Waals surface area contributed by atoms with Crippen LogP contribution in [0.25, 0.3) is 0 Å².